The fourth-order valence-corrected chi connectivity index (χ4v) is 1.38. The Balaban J connectivity index is 2.54. The van der Waals surface area contributed by atoms with Gasteiger partial charge in [0.1, 0.15) is 11.8 Å². The van der Waals surface area contributed by atoms with E-state index in [2.05, 4.69) is 5.32 Å². The first-order chi connectivity index (χ1) is 8.02. The van der Waals surface area contributed by atoms with E-state index in [4.69, 9.17) is 10.2 Å². The minimum Gasteiger partial charge on any atom is -0.508 e. The zero-order valence-corrected chi connectivity index (χ0v) is 9.51. The van der Waals surface area contributed by atoms with Gasteiger partial charge in [-0.2, -0.15) is 0 Å². The Morgan fingerprint density at radius 1 is 1.29 bits per heavy atom. The van der Waals surface area contributed by atoms with Crippen molar-refractivity contribution in [2.24, 2.45) is 0 Å². The first kappa shape index (κ1) is 13.0. The lowest BCUT2D eigenvalue weighted by atomic mass is 10.1. The number of carboxylic acids is 1. The van der Waals surface area contributed by atoms with Gasteiger partial charge in [-0.25, -0.2) is 4.79 Å². The lowest BCUT2D eigenvalue weighted by Crippen LogP contribution is -2.40. The zero-order valence-electron chi connectivity index (χ0n) is 9.51. The van der Waals surface area contributed by atoms with Gasteiger partial charge in [-0.3, -0.25) is 4.79 Å². The lowest BCUT2D eigenvalue weighted by molar-refractivity contribution is -0.141. The van der Waals surface area contributed by atoms with E-state index in [1.807, 2.05) is 0 Å². The minimum absolute atomic E-state index is 0.101. The molecule has 1 atom stereocenters. The second-order valence-electron chi connectivity index (χ2n) is 3.71. The first-order valence-electron chi connectivity index (χ1n) is 5.33. The minimum atomic E-state index is -1.04. The fourth-order valence-electron chi connectivity index (χ4n) is 1.38. The van der Waals surface area contributed by atoms with Crippen LogP contribution < -0.4 is 5.32 Å². The van der Waals surface area contributed by atoms with Crippen molar-refractivity contribution in [3.63, 3.8) is 0 Å². The molecule has 1 aromatic rings. The molecule has 5 heteroatoms. The molecule has 0 aliphatic carbocycles. The molecule has 17 heavy (non-hydrogen) atoms. The average molecular weight is 237 g/mol. The quantitative estimate of drug-likeness (QED) is 0.710. The monoisotopic (exact) mass is 237 g/mol. The van der Waals surface area contributed by atoms with Gasteiger partial charge in [0, 0.05) is 0 Å². The van der Waals surface area contributed by atoms with Crippen molar-refractivity contribution in [2.75, 3.05) is 0 Å². The number of nitrogens with one attached hydrogen (secondary N) is 1. The van der Waals surface area contributed by atoms with Crippen LogP contribution in [0.5, 0.6) is 5.75 Å². The van der Waals surface area contributed by atoms with Gasteiger partial charge < -0.3 is 15.5 Å². The number of carbonyl (C=O) groups excluding carboxylic acids is 1. The molecule has 92 valence electrons. The van der Waals surface area contributed by atoms with E-state index in [1.54, 1.807) is 19.1 Å². The molecule has 1 aromatic carbocycles. The number of hydrogen-bond donors (Lipinski definition) is 3. The van der Waals surface area contributed by atoms with E-state index in [0.29, 0.717) is 6.42 Å². The van der Waals surface area contributed by atoms with Crippen molar-refractivity contribution in [3.05, 3.63) is 29.8 Å². The van der Waals surface area contributed by atoms with Crippen LogP contribution in [0.3, 0.4) is 0 Å². The molecule has 0 spiro atoms. The highest BCUT2D eigenvalue weighted by molar-refractivity contribution is 5.84. The Morgan fingerprint density at radius 2 is 1.88 bits per heavy atom. The molecule has 0 fully saturated rings. The summed E-state index contributed by atoms with van der Waals surface area (Å²) in [6.45, 7) is 1.69. The normalized spacial score (nSPS) is 11.8. The third-order valence-corrected chi connectivity index (χ3v) is 2.34. The first-order valence-corrected chi connectivity index (χ1v) is 5.33. The maximum Gasteiger partial charge on any atom is 0.326 e. The molecule has 0 aliphatic heterocycles. The highest BCUT2D eigenvalue weighted by Crippen LogP contribution is 2.10. The zero-order chi connectivity index (χ0) is 12.8. The van der Waals surface area contributed by atoms with Gasteiger partial charge in [0.25, 0.3) is 0 Å². The average Bonchev–Trinajstić information content (AvgIpc) is 2.28. The van der Waals surface area contributed by atoms with Crippen molar-refractivity contribution >= 4 is 11.9 Å². The van der Waals surface area contributed by atoms with Crippen LogP contribution in [0.2, 0.25) is 0 Å². The van der Waals surface area contributed by atoms with Gasteiger partial charge in [-0.05, 0) is 24.1 Å². The molecule has 3 N–H and O–H groups in total. The van der Waals surface area contributed by atoms with Gasteiger partial charge in [-0.1, -0.05) is 19.1 Å². The van der Waals surface area contributed by atoms with Crippen LogP contribution in [0.4, 0.5) is 0 Å². The van der Waals surface area contributed by atoms with E-state index in [0.717, 1.165) is 5.56 Å². The van der Waals surface area contributed by atoms with Crippen molar-refractivity contribution in [1.82, 2.24) is 5.32 Å². The summed E-state index contributed by atoms with van der Waals surface area (Å²) in [4.78, 5) is 22.2. The summed E-state index contributed by atoms with van der Waals surface area (Å²) in [6.07, 6.45) is 0.445. The van der Waals surface area contributed by atoms with Crippen LogP contribution in [0.25, 0.3) is 0 Å². The molecule has 1 rings (SSSR count). The molecular formula is C12H15NO4. The van der Waals surface area contributed by atoms with Crippen molar-refractivity contribution < 1.29 is 19.8 Å². The Bertz CT molecular complexity index is 399. The summed E-state index contributed by atoms with van der Waals surface area (Å²) < 4.78 is 0. The number of aromatic hydroxyl groups is 1. The van der Waals surface area contributed by atoms with Gasteiger partial charge in [-0.15, -0.1) is 0 Å². The van der Waals surface area contributed by atoms with Crippen molar-refractivity contribution in [1.29, 1.82) is 0 Å². The number of amides is 1. The maximum absolute atomic E-state index is 11.5. The second-order valence-corrected chi connectivity index (χ2v) is 3.71. The summed E-state index contributed by atoms with van der Waals surface area (Å²) in [5.41, 5.74) is 0.723. The largest absolute Gasteiger partial charge is 0.508 e. The summed E-state index contributed by atoms with van der Waals surface area (Å²) in [7, 11) is 0. The topological polar surface area (TPSA) is 86.6 Å². The number of benzene rings is 1. The molecule has 0 aliphatic rings. The van der Waals surface area contributed by atoms with Crippen molar-refractivity contribution in [3.8, 4) is 5.75 Å². The van der Waals surface area contributed by atoms with E-state index < -0.39 is 12.0 Å². The second kappa shape index (κ2) is 5.89. The SMILES string of the molecule is CCC(NC(=O)Cc1ccc(O)cc1)C(=O)O. The standard InChI is InChI=1S/C12H15NO4/c1-2-10(12(16)17)13-11(15)7-8-3-5-9(14)6-4-8/h3-6,10,14H,2,7H2,1H3,(H,13,15)(H,16,17). The number of phenols is 1. The molecule has 0 heterocycles. The van der Waals surface area contributed by atoms with Crippen LogP contribution in [0.15, 0.2) is 24.3 Å². The summed E-state index contributed by atoms with van der Waals surface area (Å²) in [5, 5.41) is 20.3. The number of aliphatic carboxylic acids is 1. The predicted octanol–water partition coefficient (Wildman–Crippen LogP) is 0.914. The number of rotatable bonds is 5. The molecule has 5 nitrogen and oxygen atoms in total. The van der Waals surface area contributed by atoms with Gasteiger partial charge >= 0.3 is 5.97 Å². The highest BCUT2D eigenvalue weighted by atomic mass is 16.4. The molecule has 0 bridgehead atoms. The van der Waals surface area contributed by atoms with Gasteiger partial charge in [0.2, 0.25) is 5.91 Å². The Hall–Kier alpha value is -2.04. The predicted molar refractivity (Wildman–Crippen MR) is 61.7 cm³/mol. The molecule has 0 radical (unpaired) electrons. The van der Waals surface area contributed by atoms with E-state index in [1.165, 1.54) is 12.1 Å². The van der Waals surface area contributed by atoms with Crippen LogP contribution in [0.1, 0.15) is 18.9 Å². The smallest absolute Gasteiger partial charge is 0.326 e. The number of phenolic OH excluding ortho intramolecular Hbond substituents is 1. The van der Waals surface area contributed by atoms with Crippen molar-refractivity contribution in [2.45, 2.75) is 25.8 Å². The third-order valence-electron chi connectivity index (χ3n) is 2.34. The Morgan fingerprint density at radius 3 is 2.35 bits per heavy atom. The molecule has 1 amide bonds. The number of carboxylic acid groups (broad SMARTS) is 1. The van der Waals surface area contributed by atoms with Crippen LogP contribution in [-0.4, -0.2) is 28.1 Å². The highest BCUT2D eigenvalue weighted by Gasteiger charge is 2.17. The summed E-state index contributed by atoms with van der Waals surface area (Å²) >= 11 is 0. The lowest BCUT2D eigenvalue weighted by Gasteiger charge is -2.12. The molecule has 0 aromatic heterocycles. The summed E-state index contributed by atoms with van der Waals surface area (Å²) in [5.74, 6) is -1.25. The summed E-state index contributed by atoms with van der Waals surface area (Å²) in [6, 6.07) is 5.36. The van der Waals surface area contributed by atoms with E-state index >= 15 is 0 Å². The molecule has 0 saturated heterocycles. The Labute approximate surface area is 99.1 Å². The van der Waals surface area contributed by atoms with Crippen LogP contribution in [-0.2, 0) is 16.0 Å². The maximum atomic E-state index is 11.5. The van der Waals surface area contributed by atoms with Crippen LogP contribution in [0, 0.1) is 0 Å². The van der Waals surface area contributed by atoms with Gasteiger partial charge in [0.15, 0.2) is 0 Å². The van der Waals surface area contributed by atoms with Gasteiger partial charge in [0.05, 0.1) is 6.42 Å². The Kier molecular flexibility index (Phi) is 4.51. The van der Waals surface area contributed by atoms with Crippen LogP contribution >= 0.6 is 0 Å². The molecular weight excluding hydrogens is 222 g/mol. The molecule has 1 unspecified atom stereocenters. The number of carbonyl (C=O) groups is 2. The fraction of sp³-hybridized carbons (Fsp3) is 0.333. The third kappa shape index (κ3) is 4.14. The molecule has 0 saturated carbocycles. The van der Waals surface area contributed by atoms with E-state index in [-0.39, 0.29) is 18.1 Å². The number of hydrogen-bond acceptors (Lipinski definition) is 3. The van der Waals surface area contributed by atoms with E-state index in [9.17, 15) is 9.59 Å².